The van der Waals surface area contributed by atoms with Crippen LogP contribution < -0.4 is 5.32 Å². The van der Waals surface area contributed by atoms with Gasteiger partial charge in [-0.3, -0.25) is 9.48 Å². The quantitative estimate of drug-likeness (QED) is 0.684. The molecular weight excluding hydrogens is 369 g/mol. The van der Waals surface area contributed by atoms with Crippen molar-refractivity contribution >= 4 is 29.1 Å². The van der Waals surface area contributed by atoms with Gasteiger partial charge < -0.3 is 5.32 Å². The van der Waals surface area contributed by atoms with Crippen molar-refractivity contribution in [2.75, 3.05) is 0 Å². The van der Waals surface area contributed by atoms with Crippen molar-refractivity contribution in [2.45, 2.75) is 26.9 Å². The number of carbonyl (C=O) groups is 1. The van der Waals surface area contributed by atoms with E-state index < -0.39 is 0 Å². The normalized spacial score (nSPS) is 10.8. The SMILES string of the molecule is Cc1nn(Cc2ccccc2Cl)c(C)c1C(=O)NCc1cccc(Cl)c1. The first kappa shape index (κ1) is 18.5. The van der Waals surface area contributed by atoms with Gasteiger partial charge in [0, 0.05) is 22.3 Å². The van der Waals surface area contributed by atoms with Crippen molar-refractivity contribution in [3.63, 3.8) is 0 Å². The Labute approximate surface area is 162 Å². The number of rotatable bonds is 5. The van der Waals surface area contributed by atoms with Crippen LogP contribution in [0.3, 0.4) is 0 Å². The summed E-state index contributed by atoms with van der Waals surface area (Å²) in [6.07, 6.45) is 0. The van der Waals surface area contributed by atoms with Crippen LogP contribution in [0.4, 0.5) is 0 Å². The van der Waals surface area contributed by atoms with E-state index in [2.05, 4.69) is 10.4 Å². The Bertz CT molecular complexity index is 950. The molecule has 0 saturated heterocycles. The van der Waals surface area contributed by atoms with E-state index in [4.69, 9.17) is 23.2 Å². The third kappa shape index (κ3) is 4.09. The second-order valence-corrected chi connectivity index (χ2v) is 6.95. The Morgan fingerprint density at radius 3 is 2.62 bits per heavy atom. The van der Waals surface area contributed by atoms with Crippen molar-refractivity contribution in [1.29, 1.82) is 0 Å². The first-order valence-electron chi connectivity index (χ1n) is 8.25. The zero-order valence-corrected chi connectivity index (χ0v) is 16.1. The van der Waals surface area contributed by atoms with Gasteiger partial charge >= 0.3 is 0 Å². The summed E-state index contributed by atoms with van der Waals surface area (Å²) in [5, 5.41) is 8.79. The van der Waals surface area contributed by atoms with Gasteiger partial charge in [0.1, 0.15) is 0 Å². The van der Waals surface area contributed by atoms with Crippen LogP contribution in [0.1, 0.15) is 32.9 Å². The summed E-state index contributed by atoms with van der Waals surface area (Å²) in [5.74, 6) is -0.148. The summed E-state index contributed by atoms with van der Waals surface area (Å²) in [7, 11) is 0. The van der Waals surface area contributed by atoms with E-state index >= 15 is 0 Å². The maximum atomic E-state index is 12.7. The van der Waals surface area contributed by atoms with Gasteiger partial charge in [0.15, 0.2) is 0 Å². The molecule has 0 aliphatic heterocycles. The number of aromatic nitrogens is 2. The number of carbonyl (C=O) groups excluding carboxylic acids is 1. The molecule has 2 aromatic carbocycles. The smallest absolute Gasteiger partial charge is 0.255 e. The Kier molecular flexibility index (Phi) is 5.64. The number of halogens is 2. The Hall–Kier alpha value is -2.30. The molecule has 3 aromatic rings. The highest BCUT2D eigenvalue weighted by Gasteiger charge is 2.19. The van der Waals surface area contributed by atoms with Crippen molar-refractivity contribution in [2.24, 2.45) is 0 Å². The van der Waals surface area contributed by atoms with Crippen LogP contribution in [-0.4, -0.2) is 15.7 Å². The second kappa shape index (κ2) is 7.94. The summed E-state index contributed by atoms with van der Waals surface area (Å²) in [4.78, 5) is 12.7. The average molecular weight is 388 g/mol. The Morgan fingerprint density at radius 1 is 1.12 bits per heavy atom. The molecule has 134 valence electrons. The highest BCUT2D eigenvalue weighted by molar-refractivity contribution is 6.31. The number of hydrogen-bond acceptors (Lipinski definition) is 2. The first-order chi connectivity index (χ1) is 12.5. The molecule has 1 amide bonds. The number of hydrogen-bond donors (Lipinski definition) is 1. The fourth-order valence-corrected chi connectivity index (χ4v) is 3.29. The Morgan fingerprint density at radius 2 is 1.88 bits per heavy atom. The predicted octanol–water partition coefficient (Wildman–Crippen LogP) is 4.79. The van der Waals surface area contributed by atoms with Crippen LogP contribution in [0.25, 0.3) is 0 Å². The van der Waals surface area contributed by atoms with E-state index in [0.29, 0.717) is 34.4 Å². The number of aryl methyl sites for hydroxylation is 1. The van der Waals surface area contributed by atoms with Crippen molar-refractivity contribution in [1.82, 2.24) is 15.1 Å². The summed E-state index contributed by atoms with van der Waals surface area (Å²) >= 11 is 12.2. The van der Waals surface area contributed by atoms with Crippen molar-refractivity contribution in [3.05, 3.63) is 86.7 Å². The molecular formula is C20H19Cl2N3O. The second-order valence-electron chi connectivity index (χ2n) is 6.11. The highest BCUT2D eigenvalue weighted by Crippen LogP contribution is 2.19. The standard InChI is InChI=1S/C20H19Cl2N3O/c1-13-19(20(26)23-11-15-6-5-8-17(21)10-15)14(2)25(24-13)12-16-7-3-4-9-18(16)22/h3-10H,11-12H2,1-2H3,(H,23,26). The maximum absolute atomic E-state index is 12.7. The van der Waals surface area contributed by atoms with Crippen LogP contribution in [0.2, 0.25) is 10.0 Å². The molecule has 1 aromatic heterocycles. The summed E-state index contributed by atoms with van der Waals surface area (Å²) in [6.45, 7) is 4.66. The molecule has 0 saturated carbocycles. The number of nitrogens with zero attached hydrogens (tertiary/aromatic N) is 2. The third-order valence-electron chi connectivity index (χ3n) is 4.23. The van der Waals surface area contributed by atoms with Crippen molar-refractivity contribution in [3.8, 4) is 0 Å². The van der Waals surface area contributed by atoms with Gasteiger partial charge in [-0.1, -0.05) is 53.5 Å². The molecule has 1 heterocycles. The lowest BCUT2D eigenvalue weighted by Crippen LogP contribution is -2.24. The molecule has 1 N–H and O–H groups in total. The van der Waals surface area contributed by atoms with Gasteiger partial charge in [-0.15, -0.1) is 0 Å². The fourth-order valence-electron chi connectivity index (χ4n) is 2.89. The van der Waals surface area contributed by atoms with Crippen LogP contribution in [0, 0.1) is 13.8 Å². The van der Waals surface area contributed by atoms with E-state index in [-0.39, 0.29) is 5.91 Å². The highest BCUT2D eigenvalue weighted by atomic mass is 35.5. The van der Waals surface area contributed by atoms with Gasteiger partial charge in [0.05, 0.1) is 17.8 Å². The Balaban J connectivity index is 1.77. The maximum Gasteiger partial charge on any atom is 0.255 e. The lowest BCUT2D eigenvalue weighted by Gasteiger charge is -2.08. The van der Waals surface area contributed by atoms with Crippen LogP contribution in [-0.2, 0) is 13.1 Å². The largest absolute Gasteiger partial charge is 0.348 e. The van der Waals surface area contributed by atoms with E-state index in [1.807, 2.05) is 61.0 Å². The zero-order valence-electron chi connectivity index (χ0n) is 14.6. The van der Waals surface area contributed by atoms with Gasteiger partial charge in [-0.25, -0.2) is 0 Å². The van der Waals surface area contributed by atoms with E-state index in [0.717, 1.165) is 16.8 Å². The molecule has 0 bridgehead atoms. The van der Waals surface area contributed by atoms with E-state index in [1.165, 1.54) is 0 Å². The zero-order chi connectivity index (χ0) is 18.7. The summed E-state index contributed by atoms with van der Waals surface area (Å²) < 4.78 is 1.81. The molecule has 0 fully saturated rings. The third-order valence-corrected chi connectivity index (χ3v) is 4.83. The van der Waals surface area contributed by atoms with Crippen LogP contribution in [0.5, 0.6) is 0 Å². The van der Waals surface area contributed by atoms with Crippen LogP contribution >= 0.6 is 23.2 Å². The van der Waals surface area contributed by atoms with E-state index in [9.17, 15) is 4.79 Å². The van der Waals surface area contributed by atoms with E-state index in [1.54, 1.807) is 6.07 Å². The molecule has 0 aliphatic carbocycles. The molecule has 3 rings (SSSR count). The monoisotopic (exact) mass is 387 g/mol. The summed E-state index contributed by atoms with van der Waals surface area (Å²) in [6, 6.07) is 15.1. The molecule has 0 spiro atoms. The number of amides is 1. The summed E-state index contributed by atoms with van der Waals surface area (Å²) in [5.41, 5.74) is 4.01. The lowest BCUT2D eigenvalue weighted by atomic mass is 10.1. The lowest BCUT2D eigenvalue weighted by molar-refractivity contribution is 0.0949. The van der Waals surface area contributed by atoms with Crippen LogP contribution in [0.15, 0.2) is 48.5 Å². The molecule has 0 atom stereocenters. The molecule has 6 heteroatoms. The minimum Gasteiger partial charge on any atom is -0.348 e. The molecule has 4 nitrogen and oxygen atoms in total. The molecule has 0 radical (unpaired) electrons. The van der Waals surface area contributed by atoms with Gasteiger partial charge in [0.2, 0.25) is 0 Å². The predicted molar refractivity (Wildman–Crippen MR) is 105 cm³/mol. The topological polar surface area (TPSA) is 46.9 Å². The van der Waals surface area contributed by atoms with Gasteiger partial charge in [0.25, 0.3) is 5.91 Å². The number of nitrogens with one attached hydrogen (secondary N) is 1. The first-order valence-corrected chi connectivity index (χ1v) is 9.01. The molecule has 0 aliphatic rings. The van der Waals surface area contributed by atoms with Gasteiger partial charge in [-0.2, -0.15) is 5.10 Å². The molecule has 0 unspecified atom stereocenters. The van der Waals surface area contributed by atoms with Crippen molar-refractivity contribution < 1.29 is 4.79 Å². The van der Waals surface area contributed by atoms with Gasteiger partial charge in [-0.05, 0) is 43.2 Å². The number of benzene rings is 2. The minimum atomic E-state index is -0.148. The fraction of sp³-hybridized carbons (Fsp3) is 0.200. The minimum absolute atomic E-state index is 0.148. The molecule has 26 heavy (non-hydrogen) atoms. The average Bonchev–Trinajstić information content (AvgIpc) is 2.89.